The van der Waals surface area contributed by atoms with Gasteiger partial charge in [-0.3, -0.25) is 0 Å². The van der Waals surface area contributed by atoms with E-state index in [0.29, 0.717) is 13.2 Å². The first-order valence-electron chi connectivity index (χ1n) is 7.41. The second-order valence-electron chi connectivity index (χ2n) is 5.16. The van der Waals surface area contributed by atoms with Crippen molar-refractivity contribution in [2.24, 2.45) is 0 Å². The summed E-state index contributed by atoms with van der Waals surface area (Å²) in [5.74, 6) is 0.814. The third-order valence-electron chi connectivity index (χ3n) is 3.42. The first-order valence-corrected chi connectivity index (χ1v) is 7.41. The predicted molar refractivity (Wildman–Crippen MR) is 88.0 cm³/mol. The zero-order valence-electron chi connectivity index (χ0n) is 13.0. The Kier molecular flexibility index (Phi) is 5.83. The van der Waals surface area contributed by atoms with Gasteiger partial charge in [0.05, 0.1) is 12.6 Å². The highest BCUT2D eigenvalue weighted by molar-refractivity contribution is 5.74. The van der Waals surface area contributed by atoms with Crippen molar-refractivity contribution in [2.75, 3.05) is 20.2 Å². The molecule has 0 aromatic heterocycles. The molecule has 116 valence electrons. The van der Waals surface area contributed by atoms with Crippen molar-refractivity contribution < 1.29 is 9.53 Å². The number of urea groups is 1. The molecular weight excluding hydrogens is 276 g/mol. The summed E-state index contributed by atoms with van der Waals surface area (Å²) in [6, 6.07) is 19.4. The van der Waals surface area contributed by atoms with Crippen LogP contribution in [0.5, 0.6) is 5.75 Å². The molecule has 0 fully saturated rings. The fourth-order valence-electron chi connectivity index (χ4n) is 2.04. The van der Waals surface area contributed by atoms with Gasteiger partial charge in [-0.05, 0) is 24.6 Å². The molecule has 0 aliphatic rings. The fraction of sp³-hybridized carbons (Fsp3) is 0.278. The van der Waals surface area contributed by atoms with E-state index in [4.69, 9.17) is 4.74 Å². The molecule has 2 aromatic carbocycles. The number of ether oxygens (including phenoxy) is 1. The molecule has 0 heterocycles. The Labute approximate surface area is 131 Å². The van der Waals surface area contributed by atoms with E-state index in [1.165, 1.54) is 0 Å². The minimum Gasteiger partial charge on any atom is -0.492 e. The molecule has 22 heavy (non-hydrogen) atoms. The van der Waals surface area contributed by atoms with E-state index >= 15 is 0 Å². The lowest BCUT2D eigenvalue weighted by molar-refractivity contribution is 0.192. The zero-order valence-corrected chi connectivity index (χ0v) is 13.0. The van der Waals surface area contributed by atoms with Crippen molar-refractivity contribution in [3.05, 3.63) is 66.2 Å². The Hall–Kier alpha value is -2.49. The summed E-state index contributed by atoms with van der Waals surface area (Å²) >= 11 is 0. The summed E-state index contributed by atoms with van der Waals surface area (Å²) < 4.78 is 5.59. The van der Waals surface area contributed by atoms with Gasteiger partial charge in [-0.25, -0.2) is 4.79 Å². The predicted octanol–water partition coefficient (Wildman–Crippen LogP) is 3.47. The van der Waals surface area contributed by atoms with Crippen LogP contribution in [0.15, 0.2) is 60.7 Å². The van der Waals surface area contributed by atoms with E-state index in [1.54, 1.807) is 11.9 Å². The molecule has 2 aromatic rings. The number of nitrogens with zero attached hydrogens (tertiary/aromatic N) is 1. The zero-order chi connectivity index (χ0) is 15.8. The summed E-state index contributed by atoms with van der Waals surface area (Å²) in [5.41, 5.74) is 1.09. The highest BCUT2D eigenvalue weighted by atomic mass is 16.5. The number of rotatable bonds is 6. The molecule has 2 rings (SSSR count). The minimum absolute atomic E-state index is 0.0220. The molecule has 0 saturated carbocycles. The van der Waals surface area contributed by atoms with Crippen LogP contribution in [-0.4, -0.2) is 31.1 Å². The van der Waals surface area contributed by atoms with Crippen molar-refractivity contribution >= 4 is 6.03 Å². The Morgan fingerprint density at radius 3 is 2.32 bits per heavy atom. The van der Waals surface area contributed by atoms with Gasteiger partial charge in [0.2, 0.25) is 0 Å². The van der Waals surface area contributed by atoms with Crippen LogP contribution < -0.4 is 10.1 Å². The van der Waals surface area contributed by atoms with Crippen molar-refractivity contribution in [2.45, 2.75) is 13.0 Å². The topological polar surface area (TPSA) is 41.6 Å². The summed E-state index contributed by atoms with van der Waals surface area (Å²) in [5, 5.41) is 2.98. The maximum absolute atomic E-state index is 12.1. The third-order valence-corrected chi connectivity index (χ3v) is 3.42. The van der Waals surface area contributed by atoms with Crippen LogP contribution in [-0.2, 0) is 0 Å². The van der Waals surface area contributed by atoms with E-state index in [9.17, 15) is 4.79 Å². The summed E-state index contributed by atoms with van der Waals surface area (Å²) in [6.07, 6.45) is 0. The minimum atomic E-state index is -0.104. The van der Waals surface area contributed by atoms with Crippen molar-refractivity contribution in [1.29, 1.82) is 0 Å². The van der Waals surface area contributed by atoms with Crippen LogP contribution in [0.2, 0.25) is 0 Å². The largest absolute Gasteiger partial charge is 0.492 e. The lowest BCUT2D eigenvalue weighted by atomic mass is 10.1. The van der Waals surface area contributed by atoms with Crippen LogP contribution in [0.3, 0.4) is 0 Å². The molecule has 0 aliphatic carbocycles. The van der Waals surface area contributed by atoms with Crippen LogP contribution in [0.1, 0.15) is 18.5 Å². The van der Waals surface area contributed by atoms with Crippen LogP contribution in [0.25, 0.3) is 0 Å². The number of hydrogen-bond donors (Lipinski definition) is 1. The molecule has 1 atom stereocenters. The first kappa shape index (κ1) is 15.9. The van der Waals surface area contributed by atoms with E-state index in [0.717, 1.165) is 11.3 Å². The molecule has 0 spiro atoms. The Morgan fingerprint density at radius 1 is 1.09 bits per heavy atom. The van der Waals surface area contributed by atoms with Gasteiger partial charge in [-0.1, -0.05) is 48.5 Å². The van der Waals surface area contributed by atoms with Gasteiger partial charge in [0, 0.05) is 7.05 Å². The van der Waals surface area contributed by atoms with Gasteiger partial charge in [-0.2, -0.15) is 0 Å². The number of para-hydroxylation sites is 1. The molecule has 1 unspecified atom stereocenters. The number of likely N-dealkylation sites (N-methyl/N-ethyl adjacent to an activating group) is 1. The highest BCUT2D eigenvalue weighted by Crippen LogP contribution is 2.11. The average Bonchev–Trinajstić information content (AvgIpc) is 2.56. The lowest BCUT2D eigenvalue weighted by Crippen LogP contribution is -2.40. The molecule has 4 heteroatoms. The Balaban J connectivity index is 1.75. The molecule has 0 saturated heterocycles. The Bertz CT molecular complexity index is 572. The first-order chi connectivity index (χ1) is 10.7. The second kappa shape index (κ2) is 8.08. The standard InChI is InChI=1S/C18H22N2O2/c1-15(16-9-5-3-6-10-16)19-18(21)20(2)13-14-22-17-11-7-4-8-12-17/h3-12,15H,13-14H2,1-2H3,(H,19,21). The number of carbonyl (C=O) groups is 1. The Morgan fingerprint density at radius 2 is 1.68 bits per heavy atom. The normalized spacial score (nSPS) is 11.5. The molecule has 4 nitrogen and oxygen atoms in total. The van der Waals surface area contributed by atoms with E-state index in [-0.39, 0.29) is 12.1 Å². The second-order valence-corrected chi connectivity index (χ2v) is 5.16. The van der Waals surface area contributed by atoms with Crippen molar-refractivity contribution in [3.8, 4) is 5.75 Å². The average molecular weight is 298 g/mol. The molecule has 0 radical (unpaired) electrons. The number of amides is 2. The van der Waals surface area contributed by atoms with Gasteiger partial charge < -0.3 is 15.0 Å². The van der Waals surface area contributed by atoms with E-state index < -0.39 is 0 Å². The van der Waals surface area contributed by atoms with Gasteiger partial charge in [0.25, 0.3) is 0 Å². The van der Waals surface area contributed by atoms with Crippen molar-refractivity contribution in [1.82, 2.24) is 10.2 Å². The van der Waals surface area contributed by atoms with E-state index in [2.05, 4.69) is 5.32 Å². The fourth-order valence-corrected chi connectivity index (χ4v) is 2.04. The molecule has 0 bridgehead atoms. The molecule has 1 N–H and O–H groups in total. The maximum atomic E-state index is 12.1. The summed E-state index contributed by atoms with van der Waals surface area (Å²) in [7, 11) is 1.77. The molecule has 2 amide bonds. The van der Waals surface area contributed by atoms with Gasteiger partial charge >= 0.3 is 6.03 Å². The molecular formula is C18H22N2O2. The van der Waals surface area contributed by atoms with Crippen LogP contribution >= 0.6 is 0 Å². The third kappa shape index (κ3) is 4.81. The quantitative estimate of drug-likeness (QED) is 0.887. The van der Waals surface area contributed by atoms with Gasteiger partial charge in [0.15, 0.2) is 0 Å². The number of hydrogen-bond acceptors (Lipinski definition) is 2. The number of nitrogens with one attached hydrogen (secondary N) is 1. The van der Waals surface area contributed by atoms with Crippen molar-refractivity contribution in [3.63, 3.8) is 0 Å². The summed E-state index contributed by atoms with van der Waals surface area (Å²) in [6.45, 7) is 2.97. The maximum Gasteiger partial charge on any atom is 0.317 e. The number of carbonyl (C=O) groups excluding carboxylic acids is 1. The van der Waals surface area contributed by atoms with Gasteiger partial charge in [0.1, 0.15) is 12.4 Å². The van der Waals surface area contributed by atoms with Gasteiger partial charge in [-0.15, -0.1) is 0 Å². The SMILES string of the molecule is CC(NC(=O)N(C)CCOc1ccccc1)c1ccccc1. The monoisotopic (exact) mass is 298 g/mol. The van der Waals surface area contributed by atoms with Crippen LogP contribution in [0.4, 0.5) is 4.79 Å². The summed E-state index contributed by atoms with van der Waals surface area (Å²) in [4.78, 5) is 13.8. The highest BCUT2D eigenvalue weighted by Gasteiger charge is 2.12. The molecule has 0 aliphatic heterocycles. The van der Waals surface area contributed by atoms with Crippen LogP contribution in [0, 0.1) is 0 Å². The van der Waals surface area contributed by atoms with E-state index in [1.807, 2.05) is 67.6 Å². The smallest absolute Gasteiger partial charge is 0.317 e. The lowest BCUT2D eigenvalue weighted by Gasteiger charge is -2.21. The number of benzene rings is 2.